The summed E-state index contributed by atoms with van der Waals surface area (Å²) in [6, 6.07) is 8.69. The highest BCUT2D eigenvalue weighted by molar-refractivity contribution is 6.31. The lowest BCUT2D eigenvalue weighted by Gasteiger charge is -2.41. The van der Waals surface area contributed by atoms with Crippen molar-refractivity contribution >= 4 is 29.4 Å². The minimum absolute atomic E-state index is 0.153. The second-order valence-electron chi connectivity index (χ2n) is 8.62. The number of hydrogen-bond donors (Lipinski definition) is 1. The van der Waals surface area contributed by atoms with E-state index >= 15 is 0 Å². The molecule has 0 bridgehead atoms. The first kappa shape index (κ1) is 23.3. The molecule has 3 heterocycles. The van der Waals surface area contributed by atoms with Gasteiger partial charge in [0.25, 0.3) is 11.8 Å². The third-order valence-corrected chi connectivity index (χ3v) is 7.05. The van der Waals surface area contributed by atoms with Crippen LogP contribution in [0.4, 0.5) is 4.79 Å². The Morgan fingerprint density at radius 2 is 1.97 bits per heavy atom. The van der Waals surface area contributed by atoms with E-state index in [0.717, 1.165) is 11.1 Å². The summed E-state index contributed by atoms with van der Waals surface area (Å²) in [4.78, 5) is 42.3. The summed E-state index contributed by atoms with van der Waals surface area (Å²) in [6.45, 7) is 3.21. The molecule has 1 aromatic carbocycles. The number of amides is 4. The lowest BCUT2D eigenvalue weighted by atomic mass is 9.74. The van der Waals surface area contributed by atoms with Crippen molar-refractivity contribution in [2.24, 2.45) is 5.92 Å². The maximum atomic E-state index is 13.7. The molecule has 0 spiro atoms. The van der Waals surface area contributed by atoms with Crippen LogP contribution in [0.5, 0.6) is 0 Å². The molecule has 4 amide bonds. The molecule has 2 fully saturated rings. The van der Waals surface area contributed by atoms with E-state index in [0.29, 0.717) is 36.7 Å². The van der Waals surface area contributed by atoms with E-state index < -0.39 is 11.6 Å². The van der Waals surface area contributed by atoms with Gasteiger partial charge < -0.3 is 19.4 Å². The minimum atomic E-state index is -1.12. The van der Waals surface area contributed by atoms with Crippen molar-refractivity contribution in [1.82, 2.24) is 15.1 Å². The molecular weight excluding hydrogens is 446 g/mol. The number of likely N-dealkylation sites (tertiary alicyclic amines) is 1. The van der Waals surface area contributed by atoms with Crippen LogP contribution < -0.4 is 5.32 Å². The average molecular weight is 474 g/mol. The van der Waals surface area contributed by atoms with Crippen LogP contribution in [0.3, 0.4) is 0 Å². The minimum Gasteiger partial charge on any atom is -0.459 e. The Morgan fingerprint density at radius 3 is 2.61 bits per heavy atom. The second-order valence-corrected chi connectivity index (χ2v) is 9.03. The summed E-state index contributed by atoms with van der Waals surface area (Å²) < 4.78 is 10.5. The Balaban J connectivity index is 1.58. The third kappa shape index (κ3) is 4.37. The average Bonchev–Trinajstić information content (AvgIpc) is 3.34. The van der Waals surface area contributed by atoms with Crippen LogP contribution in [0, 0.1) is 12.8 Å². The second kappa shape index (κ2) is 9.57. The molecule has 2 aromatic rings. The first-order valence-corrected chi connectivity index (χ1v) is 11.4. The van der Waals surface area contributed by atoms with Crippen LogP contribution in [0.15, 0.2) is 41.0 Å². The van der Waals surface area contributed by atoms with Gasteiger partial charge in [0.05, 0.1) is 19.4 Å². The van der Waals surface area contributed by atoms with Gasteiger partial charge in [-0.2, -0.15) is 0 Å². The number of urea groups is 1. The van der Waals surface area contributed by atoms with Gasteiger partial charge in [-0.15, -0.1) is 0 Å². The van der Waals surface area contributed by atoms with Gasteiger partial charge in [-0.3, -0.25) is 14.5 Å². The molecule has 0 unspecified atom stereocenters. The van der Waals surface area contributed by atoms with Crippen molar-refractivity contribution in [3.63, 3.8) is 0 Å². The molecule has 4 rings (SSSR count). The molecule has 8 nitrogen and oxygen atoms in total. The lowest BCUT2D eigenvalue weighted by Crippen LogP contribution is -2.58. The van der Waals surface area contributed by atoms with Gasteiger partial charge in [-0.25, -0.2) is 4.79 Å². The van der Waals surface area contributed by atoms with E-state index in [1.54, 1.807) is 17.0 Å². The number of carbonyl (C=O) groups is 3. The third-order valence-electron chi connectivity index (χ3n) is 6.68. The number of piperidine rings is 1. The van der Waals surface area contributed by atoms with E-state index in [-0.39, 0.29) is 37.3 Å². The number of carbonyl (C=O) groups excluding carboxylic acids is 3. The topological polar surface area (TPSA) is 92.1 Å². The fourth-order valence-corrected chi connectivity index (χ4v) is 5.03. The number of aryl methyl sites for hydroxylation is 1. The van der Waals surface area contributed by atoms with Crippen LogP contribution >= 0.6 is 11.6 Å². The van der Waals surface area contributed by atoms with Gasteiger partial charge >= 0.3 is 6.03 Å². The van der Waals surface area contributed by atoms with Crippen LogP contribution in [0.1, 0.15) is 34.5 Å². The normalized spacial score (nSPS) is 21.5. The summed E-state index contributed by atoms with van der Waals surface area (Å²) in [5, 5.41) is 3.55. The molecule has 0 saturated carbocycles. The summed E-state index contributed by atoms with van der Waals surface area (Å²) in [5.41, 5.74) is 0.474. The lowest BCUT2D eigenvalue weighted by molar-refractivity contribution is -0.134. The number of ether oxygens (including phenoxy) is 1. The number of imide groups is 1. The Hall–Kier alpha value is -2.84. The number of halogens is 1. The maximum absolute atomic E-state index is 13.7. The molecule has 176 valence electrons. The van der Waals surface area contributed by atoms with Gasteiger partial charge in [0, 0.05) is 37.2 Å². The van der Waals surface area contributed by atoms with Crippen molar-refractivity contribution in [2.45, 2.75) is 31.7 Å². The van der Waals surface area contributed by atoms with Crippen LogP contribution in [0.25, 0.3) is 0 Å². The van der Waals surface area contributed by atoms with Gasteiger partial charge in [0.1, 0.15) is 5.54 Å². The van der Waals surface area contributed by atoms with E-state index in [1.165, 1.54) is 18.3 Å². The Labute approximate surface area is 197 Å². The summed E-state index contributed by atoms with van der Waals surface area (Å²) in [5.74, 6) is -0.231. The zero-order valence-corrected chi connectivity index (χ0v) is 19.6. The molecule has 2 aliphatic heterocycles. The monoisotopic (exact) mass is 473 g/mol. The molecular formula is C24H28ClN3O5. The predicted molar refractivity (Wildman–Crippen MR) is 122 cm³/mol. The van der Waals surface area contributed by atoms with Crippen LogP contribution in [-0.4, -0.2) is 66.5 Å². The van der Waals surface area contributed by atoms with E-state index in [4.69, 9.17) is 20.8 Å². The number of rotatable bonds is 7. The van der Waals surface area contributed by atoms with Gasteiger partial charge in [0.2, 0.25) is 0 Å². The van der Waals surface area contributed by atoms with Crippen molar-refractivity contribution in [2.75, 3.05) is 33.4 Å². The highest BCUT2D eigenvalue weighted by atomic mass is 35.5. The Kier molecular flexibility index (Phi) is 6.76. The fraction of sp³-hybridized carbons (Fsp3) is 0.458. The zero-order chi connectivity index (χ0) is 23.6. The zero-order valence-electron chi connectivity index (χ0n) is 18.8. The van der Waals surface area contributed by atoms with Crippen molar-refractivity contribution in [3.05, 3.63) is 58.5 Å². The summed E-state index contributed by atoms with van der Waals surface area (Å²) in [6.07, 6.45) is 2.94. The number of methoxy groups -OCH3 is 1. The molecule has 0 aliphatic carbocycles. The highest BCUT2D eigenvalue weighted by Crippen LogP contribution is 2.38. The highest BCUT2D eigenvalue weighted by Gasteiger charge is 2.56. The van der Waals surface area contributed by atoms with Crippen molar-refractivity contribution in [3.8, 4) is 0 Å². The Bertz CT molecular complexity index is 1050. The van der Waals surface area contributed by atoms with Crippen molar-refractivity contribution < 1.29 is 23.5 Å². The van der Waals surface area contributed by atoms with Crippen LogP contribution in [-0.2, 0) is 16.0 Å². The van der Waals surface area contributed by atoms with E-state index in [1.807, 2.05) is 25.1 Å². The molecule has 33 heavy (non-hydrogen) atoms. The van der Waals surface area contributed by atoms with Gasteiger partial charge in [-0.1, -0.05) is 29.8 Å². The van der Waals surface area contributed by atoms with E-state index in [9.17, 15) is 14.4 Å². The van der Waals surface area contributed by atoms with Crippen molar-refractivity contribution in [1.29, 1.82) is 0 Å². The van der Waals surface area contributed by atoms with E-state index in [2.05, 4.69) is 5.32 Å². The smallest absolute Gasteiger partial charge is 0.325 e. The summed E-state index contributed by atoms with van der Waals surface area (Å²) >= 11 is 6.42. The molecule has 1 aromatic heterocycles. The first-order valence-electron chi connectivity index (χ1n) is 11.1. The SMILES string of the molecule is COCCN1C(=O)N[C@@](Cc2ccccc2Cl)(C2CCN(C(=O)c3occc3C)CC2)C1=O. The maximum Gasteiger partial charge on any atom is 0.325 e. The summed E-state index contributed by atoms with van der Waals surface area (Å²) in [7, 11) is 1.53. The quantitative estimate of drug-likeness (QED) is 0.623. The number of hydrogen-bond acceptors (Lipinski definition) is 5. The molecule has 0 radical (unpaired) electrons. The predicted octanol–water partition coefficient (Wildman–Crippen LogP) is 3.27. The van der Waals surface area contributed by atoms with Gasteiger partial charge in [-0.05, 0) is 43.4 Å². The number of benzene rings is 1. The molecule has 1 N–H and O–H groups in total. The molecule has 1 atom stereocenters. The number of nitrogens with one attached hydrogen (secondary N) is 1. The Morgan fingerprint density at radius 1 is 1.24 bits per heavy atom. The number of furan rings is 1. The number of nitrogens with zero attached hydrogens (tertiary/aromatic N) is 2. The fourth-order valence-electron chi connectivity index (χ4n) is 4.82. The standard InChI is InChI=1S/C24H28ClN3O5/c1-16-9-13-33-20(16)21(29)27-10-7-18(8-11-27)24(15-17-5-3-4-6-19(17)25)22(30)28(12-14-32-2)23(31)26-24/h3-6,9,13,18H,7-8,10-12,14-15H2,1-2H3,(H,26,31)/t24-/m0/s1. The first-order chi connectivity index (χ1) is 15.9. The molecule has 9 heteroatoms. The molecule has 2 saturated heterocycles. The van der Waals surface area contributed by atoms with Crippen LogP contribution in [0.2, 0.25) is 5.02 Å². The molecule has 2 aliphatic rings. The van der Waals surface area contributed by atoms with Gasteiger partial charge in [0.15, 0.2) is 5.76 Å². The largest absolute Gasteiger partial charge is 0.459 e.